The lowest BCUT2D eigenvalue weighted by atomic mass is 10.1. The van der Waals surface area contributed by atoms with Gasteiger partial charge in [0.25, 0.3) is 0 Å². The van der Waals surface area contributed by atoms with E-state index in [1.165, 1.54) is 4.90 Å². The minimum Gasteiger partial charge on any atom is -0.352 e. The van der Waals surface area contributed by atoms with Crippen molar-refractivity contribution in [1.29, 1.82) is 0 Å². The van der Waals surface area contributed by atoms with Gasteiger partial charge in [0.15, 0.2) is 0 Å². The molecule has 0 saturated carbocycles. The summed E-state index contributed by atoms with van der Waals surface area (Å²) in [6.07, 6.45) is 1.65. The molecule has 0 aromatic heterocycles. The maximum Gasteiger partial charge on any atom is 0.241 e. The molecule has 0 radical (unpaired) electrons. The van der Waals surface area contributed by atoms with Gasteiger partial charge in [0, 0.05) is 6.54 Å². The molecule has 0 spiro atoms. The zero-order valence-electron chi connectivity index (χ0n) is 10.5. The van der Waals surface area contributed by atoms with E-state index in [2.05, 4.69) is 0 Å². The highest BCUT2D eigenvalue weighted by Crippen LogP contribution is 2.26. The molecule has 1 fully saturated rings. The lowest BCUT2D eigenvalue weighted by molar-refractivity contribution is -0.259. The molecule has 6 heteroatoms. The lowest BCUT2D eigenvalue weighted by Crippen LogP contribution is -2.57. The van der Waals surface area contributed by atoms with Crippen LogP contribution in [0.15, 0.2) is 30.3 Å². The Hall–Kier alpha value is -0.980. The number of aliphatic hydroxyl groups is 2. The van der Waals surface area contributed by atoms with Crippen LogP contribution in [0.1, 0.15) is 12.0 Å². The number of hydrogen-bond acceptors (Lipinski definition) is 5. The van der Waals surface area contributed by atoms with Crippen molar-refractivity contribution in [3.63, 3.8) is 0 Å². The van der Waals surface area contributed by atoms with Gasteiger partial charge in [0.05, 0.1) is 12.1 Å². The van der Waals surface area contributed by atoms with Crippen LogP contribution in [0.4, 0.5) is 0 Å². The van der Waals surface area contributed by atoms with Crippen molar-refractivity contribution < 1.29 is 15.0 Å². The smallest absolute Gasteiger partial charge is 0.241 e. The molecule has 19 heavy (non-hydrogen) atoms. The number of aldehydes is 1. The number of carbonyl (C=O) groups excluding carboxylic acids is 1. The fourth-order valence-corrected chi connectivity index (χ4v) is 2.35. The predicted octanol–water partition coefficient (Wildman–Crippen LogP) is -0.110. The van der Waals surface area contributed by atoms with Gasteiger partial charge in [-0.3, -0.25) is 0 Å². The predicted molar refractivity (Wildman–Crippen MR) is 73.7 cm³/mol. The van der Waals surface area contributed by atoms with E-state index in [9.17, 15) is 15.0 Å². The molecule has 1 heterocycles. The van der Waals surface area contributed by atoms with Crippen molar-refractivity contribution in [1.82, 2.24) is 4.90 Å². The first-order chi connectivity index (χ1) is 8.55. The number of carbonyl (C=O) groups is 1. The molecule has 2 atom stereocenters. The summed E-state index contributed by atoms with van der Waals surface area (Å²) in [5.41, 5.74) is 6.61. The number of halogens is 1. The summed E-state index contributed by atoms with van der Waals surface area (Å²) in [6, 6.07) is 8.17. The number of hydrogen-bond donors (Lipinski definition) is 3. The highest BCUT2D eigenvalue weighted by Gasteiger charge is 2.47. The van der Waals surface area contributed by atoms with Gasteiger partial charge in [0.1, 0.15) is 6.29 Å². The van der Waals surface area contributed by atoms with E-state index in [0.717, 1.165) is 11.8 Å². The molecule has 5 nitrogen and oxygen atoms in total. The molecule has 1 aromatic rings. The normalized spacial score (nSPS) is 23.6. The van der Waals surface area contributed by atoms with E-state index in [0.29, 0.717) is 19.4 Å². The van der Waals surface area contributed by atoms with Gasteiger partial charge in [-0.1, -0.05) is 30.3 Å². The summed E-state index contributed by atoms with van der Waals surface area (Å²) in [5, 5.41) is 19.8. The Bertz CT molecular complexity index is 414. The fourth-order valence-electron chi connectivity index (χ4n) is 2.35. The van der Waals surface area contributed by atoms with Gasteiger partial charge in [0.2, 0.25) is 5.91 Å². The quantitative estimate of drug-likeness (QED) is 0.531. The van der Waals surface area contributed by atoms with Crippen LogP contribution in [0.3, 0.4) is 0 Å². The van der Waals surface area contributed by atoms with Gasteiger partial charge < -0.3 is 20.7 Å². The Balaban J connectivity index is 0.00000180. The largest absolute Gasteiger partial charge is 0.352 e. The molecule has 1 saturated heterocycles. The van der Waals surface area contributed by atoms with Gasteiger partial charge in [-0.2, -0.15) is 0 Å². The summed E-state index contributed by atoms with van der Waals surface area (Å²) >= 11 is 0. The monoisotopic (exact) mass is 286 g/mol. The van der Waals surface area contributed by atoms with Crippen molar-refractivity contribution in [3.05, 3.63) is 35.9 Å². The highest BCUT2D eigenvalue weighted by atomic mass is 35.5. The first kappa shape index (κ1) is 16.1. The van der Waals surface area contributed by atoms with Crippen molar-refractivity contribution in [2.24, 2.45) is 5.73 Å². The van der Waals surface area contributed by atoms with E-state index < -0.39 is 18.0 Å². The molecule has 1 aliphatic rings. The van der Waals surface area contributed by atoms with Crippen LogP contribution in [0.25, 0.3) is 0 Å². The molecule has 1 aliphatic heterocycles. The van der Waals surface area contributed by atoms with Gasteiger partial charge in [-0.25, -0.2) is 4.90 Å². The van der Waals surface area contributed by atoms with Crippen LogP contribution in [0.2, 0.25) is 0 Å². The van der Waals surface area contributed by atoms with Crippen molar-refractivity contribution in [3.8, 4) is 0 Å². The van der Waals surface area contributed by atoms with Crippen molar-refractivity contribution >= 4 is 18.7 Å². The molecule has 0 amide bonds. The maximum absolute atomic E-state index is 11.2. The van der Waals surface area contributed by atoms with E-state index in [4.69, 9.17) is 5.73 Å². The second kappa shape index (κ2) is 6.45. The Kier molecular flexibility index (Phi) is 5.46. The number of nitrogens with zero attached hydrogens (tertiary/aromatic N) is 1. The Morgan fingerprint density at radius 1 is 1.42 bits per heavy atom. The number of benzene rings is 1. The molecule has 2 unspecified atom stereocenters. The Morgan fingerprint density at radius 3 is 2.53 bits per heavy atom. The van der Waals surface area contributed by atoms with Crippen molar-refractivity contribution in [2.45, 2.75) is 30.8 Å². The molecule has 106 valence electrons. The van der Waals surface area contributed by atoms with Gasteiger partial charge >= 0.3 is 0 Å². The average Bonchev–Trinajstić information content (AvgIpc) is 2.63. The van der Waals surface area contributed by atoms with E-state index in [1.54, 1.807) is 0 Å². The standard InChI is InChI=1S/C13H18N2O3.ClH/c14-12-6-7-15(13(12,17)18)11(9-16)8-10-4-2-1-3-5-10;/h1-5,9,11-12,17-18H,6-8,14H2;1H. The molecular weight excluding hydrogens is 268 g/mol. The Morgan fingerprint density at radius 2 is 2.05 bits per heavy atom. The van der Waals surface area contributed by atoms with Crippen LogP contribution in [0.5, 0.6) is 0 Å². The second-order valence-corrected chi connectivity index (χ2v) is 4.67. The minimum atomic E-state index is -2.10. The first-order valence-corrected chi connectivity index (χ1v) is 6.02. The average molecular weight is 287 g/mol. The van der Waals surface area contributed by atoms with Crippen molar-refractivity contribution in [2.75, 3.05) is 6.54 Å². The number of nitrogens with two attached hydrogens (primary N) is 1. The zero-order chi connectivity index (χ0) is 13.2. The zero-order valence-corrected chi connectivity index (χ0v) is 11.3. The van der Waals surface area contributed by atoms with Crippen LogP contribution < -0.4 is 5.73 Å². The highest BCUT2D eigenvalue weighted by molar-refractivity contribution is 5.85. The van der Waals surface area contributed by atoms with Crippen LogP contribution in [0, 0.1) is 0 Å². The molecule has 0 aliphatic carbocycles. The topological polar surface area (TPSA) is 86.8 Å². The minimum absolute atomic E-state index is 0. The van der Waals surface area contributed by atoms with Gasteiger partial charge in [-0.15, -0.1) is 12.4 Å². The molecule has 1 aromatic carbocycles. The van der Waals surface area contributed by atoms with Crippen LogP contribution in [-0.2, 0) is 11.2 Å². The fraction of sp³-hybridized carbons (Fsp3) is 0.462. The summed E-state index contributed by atoms with van der Waals surface area (Å²) in [5.74, 6) is -2.10. The molecular formula is C13H19ClN2O3. The molecule has 4 N–H and O–H groups in total. The molecule has 0 bridgehead atoms. The first-order valence-electron chi connectivity index (χ1n) is 6.02. The van der Waals surface area contributed by atoms with E-state index >= 15 is 0 Å². The third-order valence-electron chi connectivity index (χ3n) is 3.45. The second-order valence-electron chi connectivity index (χ2n) is 4.67. The summed E-state index contributed by atoms with van der Waals surface area (Å²) in [6.45, 7) is 0.407. The van der Waals surface area contributed by atoms with E-state index in [1.807, 2.05) is 30.3 Å². The lowest BCUT2D eigenvalue weighted by Gasteiger charge is -2.34. The van der Waals surface area contributed by atoms with Gasteiger partial charge in [-0.05, 0) is 18.4 Å². The van der Waals surface area contributed by atoms with E-state index in [-0.39, 0.29) is 12.4 Å². The third-order valence-corrected chi connectivity index (χ3v) is 3.45. The maximum atomic E-state index is 11.2. The SMILES string of the molecule is Cl.NC1CCN(C(C=O)Cc2ccccc2)C1(O)O. The molecule has 2 rings (SSSR count). The Labute approximate surface area is 118 Å². The summed E-state index contributed by atoms with van der Waals surface area (Å²) in [4.78, 5) is 12.5. The number of likely N-dealkylation sites (tertiary alicyclic amines) is 1. The van der Waals surface area contributed by atoms with Crippen LogP contribution >= 0.6 is 12.4 Å². The summed E-state index contributed by atoms with van der Waals surface area (Å²) in [7, 11) is 0. The summed E-state index contributed by atoms with van der Waals surface area (Å²) < 4.78 is 0. The number of rotatable bonds is 4. The van der Waals surface area contributed by atoms with Crippen LogP contribution in [-0.4, -0.2) is 45.9 Å². The third kappa shape index (κ3) is 3.32.